The molecule has 1 aromatic carbocycles. The third-order valence-corrected chi connectivity index (χ3v) is 2.21. The van der Waals surface area contributed by atoms with E-state index < -0.39 is 24.3 Å². The minimum Gasteiger partial charge on any atom is -0.481 e. The zero-order valence-corrected chi connectivity index (χ0v) is 10.1. The van der Waals surface area contributed by atoms with Crippen LogP contribution in [0.3, 0.4) is 0 Å². The van der Waals surface area contributed by atoms with Gasteiger partial charge in [-0.25, -0.2) is 0 Å². The summed E-state index contributed by atoms with van der Waals surface area (Å²) >= 11 is 0. The maximum Gasteiger partial charge on any atom is 0.357 e. The Morgan fingerprint density at radius 2 is 1.72 bits per heavy atom. The first-order chi connectivity index (χ1) is 8.54. The Bertz CT molecular complexity index is 410. The van der Waals surface area contributed by atoms with Crippen LogP contribution < -0.4 is 0 Å². The van der Waals surface area contributed by atoms with Crippen LogP contribution in [0, 0.1) is 0 Å². The molecule has 1 rings (SSSR count). The van der Waals surface area contributed by atoms with Crippen LogP contribution in [0.1, 0.15) is 12.0 Å². The number of carbonyl (C=O) groups excluding carboxylic acids is 1. The molecule has 0 aliphatic rings. The number of methoxy groups -OCH3 is 2. The van der Waals surface area contributed by atoms with Crippen molar-refractivity contribution in [3.63, 3.8) is 0 Å². The van der Waals surface area contributed by atoms with Gasteiger partial charge >= 0.3 is 17.9 Å². The predicted molar refractivity (Wildman–Crippen MR) is 60.5 cm³/mol. The van der Waals surface area contributed by atoms with Crippen molar-refractivity contribution >= 4 is 11.9 Å². The summed E-state index contributed by atoms with van der Waals surface area (Å²) in [4.78, 5) is 21.8. The summed E-state index contributed by atoms with van der Waals surface area (Å²) in [5, 5.41) is 8.51. The normalized spacial score (nSPS) is 11.0. The molecule has 0 heterocycles. The van der Waals surface area contributed by atoms with E-state index in [9.17, 15) is 9.59 Å². The number of ether oxygens (including phenoxy) is 3. The molecular formula is C12H14O6. The van der Waals surface area contributed by atoms with Gasteiger partial charge in [0.05, 0.1) is 5.56 Å². The van der Waals surface area contributed by atoms with E-state index in [0.717, 1.165) is 0 Å². The molecule has 0 radical (unpaired) electrons. The maximum absolute atomic E-state index is 11.4. The van der Waals surface area contributed by atoms with Crippen LogP contribution in [-0.4, -0.2) is 31.3 Å². The van der Waals surface area contributed by atoms with Gasteiger partial charge in [0, 0.05) is 14.2 Å². The number of hydrogen-bond donors (Lipinski definition) is 1. The molecule has 1 N–H and O–H groups in total. The quantitative estimate of drug-likeness (QED) is 0.465. The fraction of sp³-hybridized carbons (Fsp3) is 0.333. The second-order valence-electron chi connectivity index (χ2n) is 3.38. The number of aliphatic carboxylic acids is 1. The Morgan fingerprint density at radius 3 is 2.17 bits per heavy atom. The Kier molecular flexibility index (Phi) is 4.82. The van der Waals surface area contributed by atoms with E-state index in [4.69, 9.17) is 19.3 Å². The molecule has 0 atom stereocenters. The number of rotatable bonds is 6. The van der Waals surface area contributed by atoms with Gasteiger partial charge in [0.2, 0.25) is 0 Å². The third-order valence-electron chi connectivity index (χ3n) is 2.21. The average molecular weight is 254 g/mol. The van der Waals surface area contributed by atoms with Crippen molar-refractivity contribution in [2.75, 3.05) is 14.2 Å². The first kappa shape index (κ1) is 14.1. The van der Waals surface area contributed by atoms with Gasteiger partial charge in [-0.15, -0.1) is 0 Å². The Labute approximate surface area is 104 Å². The summed E-state index contributed by atoms with van der Waals surface area (Å²) in [6.07, 6.45) is -0.763. The number of hydrogen-bond acceptors (Lipinski definition) is 5. The first-order valence-corrected chi connectivity index (χ1v) is 5.13. The summed E-state index contributed by atoms with van der Waals surface area (Å²) in [5.74, 6) is -3.96. The summed E-state index contributed by atoms with van der Waals surface area (Å²) in [7, 11) is 2.59. The fourth-order valence-corrected chi connectivity index (χ4v) is 1.41. The van der Waals surface area contributed by atoms with Gasteiger partial charge in [-0.3, -0.25) is 9.59 Å². The molecule has 98 valence electrons. The van der Waals surface area contributed by atoms with E-state index in [-0.39, 0.29) is 0 Å². The van der Waals surface area contributed by atoms with Crippen LogP contribution in [0.15, 0.2) is 30.3 Å². The van der Waals surface area contributed by atoms with E-state index in [1.54, 1.807) is 30.3 Å². The van der Waals surface area contributed by atoms with Crippen molar-refractivity contribution in [2.24, 2.45) is 0 Å². The predicted octanol–water partition coefficient (Wildman–Crippen LogP) is 1.11. The highest BCUT2D eigenvalue weighted by atomic mass is 16.9. The molecule has 0 spiro atoms. The summed E-state index contributed by atoms with van der Waals surface area (Å²) in [6, 6.07) is 8.49. The summed E-state index contributed by atoms with van der Waals surface area (Å²) < 4.78 is 15.1. The minimum absolute atomic E-state index is 0.453. The Morgan fingerprint density at radius 1 is 1.17 bits per heavy atom. The van der Waals surface area contributed by atoms with Crippen LogP contribution in [0.2, 0.25) is 0 Å². The van der Waals surface area contributed by atoms with Crippen LogP contribution >= 0.6 is 0 Å². The SMILES string of the molecule is COC(OC)(OC(=O)CC(=O)O)c1ccccc1. The van der Waals surface area contributed by atoms with Crippen molar-refractivity contribution in [3.05, 3.63) is 35.9 Å². The van der Waals surface area contributed by atoms with E-state index >= 15 is 0 Å². The van der Waals surface area contributed by atoms with Gasteiger partial charge in [-0.2, -0.15) is 0 Å². The van der Waals surface area contributed by atoms with E-state index in [2.05, 4.69) is 0 Å². The van der Waals surface area contributed by atoms with Crippen LogP contribution in [-0.2, 0) is 29.8 Å². The number of benzene rings is 1. The molecular weight excluding hydrogens is 240 g/mol. The smallest absolute Gasteiger partial charge is 0.357 e. The Balaban J connectivity index is 2.94. The number of carboxylic acids is 1. The van der Waals surface area contributed by atoms with Gasteiger partial charge in [-0.05, 0) is 12.1 Å². The monoisotopic (exact) mass is 254 g/mol. The van der Waals surface area contributed by atoms with Gasteiger partial charge in [-0.1, -0.05) is 18.2 Å². The average Bonchev–Trinajstić information content (AvgIpc) is 2.36. The summed E-state index contributed by atoms with van der Waals surface area (Å²) in [6.45, 7) is 0. The highest BCUT2D eigenvalue weighted by molar-refractivity contribution is 5.90. The third kappa shape index (κ3) is 3.28. The molecule has 0 bridgehead atoms. The lowest BCUT2D eigenvalue weighted by molar-refractivity contribution is -0.355. The molecule has 0 aliphatic heterocycles. The Hall–Kier alpha value is -1.92. The lowest BCUT2D eigenvalue weighted by Gasteiger charge is -2.29. The minimum atomic E-state index is -1.73. The maximum atomic E-state index is 11.4. The van der Waals surface area contributed by atoms with Crippen LogP contribution in [0.25, 0.3) is 0 Å². The zero-order chi connectivity index (χ0) is 13.6. The molecule has 0 aliphatic carbocycles. The highest BCUT2D eigenvalue weighted by Gasteiger charge is 2.37. The molecule has 0 aromatic heterocycles. The number of esters is 1. The molecule has 6 heteroatoms. The largest absolute Gasteiger partial charge is 0.481 e. The first-order valence-electron chi connectivity index (χ1n) is 5.13. The van der Waals surface area contributed by atoms with Crippen molar-refractivity contribution in [3.8, 4) is 0 Å². The molecule has 6 nitrogen and oxygen atoms in total. The fourth-order valence-electron chi connectivity index (χ4n) is 1.41. The molecule has 0 saturated carbocycles. The molecule has 18 heavy (non-hydrogen) atoms. The standard InChI is InChI=1S/C12H14O6/c1-16-12(17-2,9-6-4-3-5-7-9)18-11(15)8-10(13)14/h3-7H,8H2,1-2H3,(H,13,14). The van der Waals surface area contributed by atoms with E-state index in [1.165, 1.54) is 14.2 Å². The van der Waals surface area contributed by atoms with Gasteiger partial charge < -0.3 is 19.3 Å². The second kappa shape index (κ2) is 6.13. The molecule has 0 unspecified atom stereocenters. The lowest BCUT2D eigenvalue weighted by Crippen LogP contribution is -2.37. The lowest BCUT2D eigenvalue weighted by atomic mass is 10.2. The van der Waals surface area contributed by atoms with Crippen molar-refractivity contribution < 1.29 is 28.9 Å². The topological polar surface area (TPSA) is 82.1 Å². The van der Waals surface area contributed by atoms with E-state index in [0.29, 0.717) is 5.56 Å². The highest BCUT2D eigenvalue weighted by Crippen LogP contribution is 2.27. The molecule has 0 saturated heterocycles. The summed E-state index contributed by atoms with van der Waals surface area (Å²) in [5.41, 5.74) is 0.453. The van der Waals surface area contributed by atoms with Gasteiger partial charge in [0.1, 0.15) is 6.42 Å². The van der Waals surface area contributed by atoms with Crippen LogP contribution in [0.4, 0.5) is 0 Å². The molecule has 0 fully saturated rings. The van der Waals surface area contributed by atoms with Gasteiger partial charge in [0.15, 0.2) is 0 Å². The van der Waals surface area contributed by atoms with Crippen molar-refractivity contribution in [2.45, 2.75) is 12.4 Å². The van der Waals surface area contributed by atoms with Crippen LogP contribution in [0.5, 0.6) is 0 Å². The number of carbonyl (C=O) groups is 2. The number of carboxylic acid groups (broad SMARTS) is 1. The molecule has 1 aromatic rings. The zero-order valence-electron chi connectivity index (χ0n) is 10.1. The van der Waals surface area contributed by atoms with Crippen molar-refractivity contribution in [1.29, 1.82) is 0 Å². The van der Waals surface area contributed by atoms with Gasteiger partial charge in [0.25, 0.3) is 0 Å². The second-order valence-corrected chi connectivity index (χ2v) is 3.38. The van der Waals surface area contributed by atoms with Crippen molar-refractivity contribution in [1.82, 2.24) is 0 Å². The molecule has 0 amide bonds. The van der Waals surface area contributed by atoms with E-state index in [1.807, 2.05) is 0 Å².